The van der Waals surface area contributed by atoms with E-state index in [1.807, 2.05) is 0 Å². The first-order valence-electron chi connectivity index (χ1n) is 5.52. The van der Waals surface area contributed by atoms with Crippen LogP contribution >= 0.6 is 0 Å². The minimum atomic E-state index is -0.405. The summed E-state index contributed by atoms with van der Waals surface area (Å²) in [5, 5.41) is 40.0. The molecule has 0 aliphatic carbocycles. The molecule has 21 heavy (non-hydrogen) atoms. The molecular formula is C14H8N6O. The minimum Gasteiger partial charge on any atom is -0.497 e. The van der Waals surface area contributed by atoms with Crippen LogP contribution < -0.4 is 9.75 Å². The number of hydrogen-bond acceptors (Lipinski definition) is 7. The van der Waals surface area contributed by atoms with E-state index in [9.17, 15) is 0 Å². The van der Waals surface area contributed by atoms with Crippen molar-refractivity contribution >= 4 is 11.4 Å². The third-order valence-electron chi connectivity index (χ3n) is 2.25. The quantitative estimate of drug-likeness (QED) is 0.470. The van der Waals surface area contributed by atoms with Gasteiger partial charge in [-0.25, -0.2) is 5.01 Å². The van der Waals surface area contributed by atoms with Gasteiger partial charge in [-0.3, -0.25) is 0 Å². The van der Waals surface area contributed by atoms with Gasteiger partial charge in [-0.15, -0.1) is 5.10 Å². The topological polar surface area (TPSA) is 120 Å². The Balaban J connectivity index is 3.33. The summed E-state index contributed by atoms with van der Waals surface area (Å²) in [5.74, 6) is 0.605. The van der Waals surface area contributed by atoms with Crippen molar-refractivity contribution < 1.29 is 4.74 Å². The Bertz CT molecular complexity index is 660. The van der Waals surface area contributed by atoms with Gasteiger partial charge in [0.2, 0.25) is 5.71 Å². The summed E-state index contributed by atoms with van der Waals surface area (Å²) in [6.07, 6.45) is 1.14. The molecule has 0 saturated heterocycles. The normalized spacial score (nSPS) is 8.05. The molecule has 1 aromatic rings. The van der Waals surface area contributed by atoms with Crippen LogP contribution in [0.15, 0.2) is 41.1 Å². The van der Waals surface area contributed by atoms with E-state index in [0.29, 0.717) is 11.4 Å². The molecule has 0 bridgehead atoms. The van der Waals surface area contributed by atoms with E-state index in [2.05, 4.69) is 5.10 Å². The van der Waals surface area contributed by atoms with Gasteiger partial charge in [-0.2, -0.15) is 21.0 Å². The highest BCUT2D eigenvalue weighted by atomic mass is 16.5. The van der Waals surface area contributed by atoms with Crippen molar-refractivity contribution in [3.05, 3.63) is 36.0 Å². The smallest absolute Gasteiger partial charge is 0.237 e. The molecule has 0 fully saturated rings. The standard InChI is InChI=1S/C14H8N6O/c1-21-14-4-2-13(3-5-14)20(10-11(6-15)7-16)19-12(8-17)9-18/h2-5,10H,1H3. The van der Waals surface area contributed by atoms with Crippen LogP contribution in [-0.4, -0.2) is 12.8 Å². The van der Waals surface area contributed by atoms with Gasteiger partial charge in [0.15, 0.2) is 0 Å². The molecule has 0 amide bonds. The van der Waals surface area contributed by atoms with E-state index >= 15 is 0 Å². The molecule has 1 aromatic carbocycles. The van der Waals surface area contributed by atoms with Crippen molar-refractivity contribution in [2.24, 2.45) is 5.10 Å². The zero-order valence-electron chi connectivity index (χ0n) is 11.0. The van der Waals surface area contributed by atoms with Crippen LogP contribution in [0.25, 0.3) is 0 Å². The number of rotatable bonds is 4. The molecule has 0 N–H and O–H groups in total. The van der Waals surface area contributed by atoms with Crippen molar-refractivity contribution in [1.29, 1.82) is 21.0 Å². The Morgan fingerprint density at radius 1 is 1.05 bits per heavy atom. The summed E-state index contributed by atoms with van der Waals surface area (Å²) in [7, 11) is 1.51. The highest BCUT2D eigenvalue weighted by molar-refractivity contribution is 6.10. The molecule has 0 atom stereocenters. The summed E-state index contributed by atoms with van der Waals surface area (Å²) in [6, 6.07) is 13.1. The van der Waals surface area contributed by atoms with E-state index in [1.54, 1.807) is 48.5 Å². The third kappa shape index (κ3) is 4.10. The first kappa shape index (κ1) is 15.2. The predicted molar refractivity (Wildman–Crippen MR) is 73.4 cm³/mol. The Hall–Kier alpha value is -3.81. The number of hydrazone groups is 1. The van der Waals surface area contributed by atoms with Gasteiger partial charge in [0, 0.05) is 0 Å². The molecule has 7 nitrogen and oxygen atoms in total. The van der Waals surface area contributed by atoms with E-state index in [1.165, 1.54) is 7.11 Å². The van der Waals surface area contributed by atoms with Crippen LogP contribution in [0.1, 0.15) is 0 Å². The number of ether oxygens (including phenoxy) is 1. The third-order valence-corrected chi connectivity index (χ3v) is 2.25. The lowest BCUT2D eigenvalue weighted by atomic mass is 10.3. The summed E-state index contributed by atoms with van der Waals surface area (Å²) in [5.41, 5.74) is -0.163. The average molecular weight is 276 g/mol. The number of methoxy groups -OCH3 is 1. The minimum absolute atomic E-state index is 0.218. The van der Waals surface area contributed by atoms with Crippen LogP contribution in [0.2, 0.25) is 0 Å². The maximum Gasteiger partial charge on any atom is 0.237 e. The van der Waals surface area contributed by atoms with Crippen LogP contribution in [0.5, 0.6) is 5.75 Å². The van der Waals surface area contributed by atoms with E-state index in [0.717, 1.165) is 11.2 Å². The number of benzene rings is 1. The van der Waals surface area contributed by atoms with E-state index in [-0.39, 0.29) is 5.57 Å². The molecule has 0 unspecified atom stereocenters. The Kier molecular flexibility index (Phi) is 5.51. The van der Waals surface area contributed by atoms with Gasteiger partial charge >= 0.3 is 0 Å². The summed E-state index contributed by atoms with van der Waals surface area (Å²) in [4.78, 5) is 0. The molecule has 0 saturated carbocycles. The number of nitriles is 4. The van der Waals surface area contributed by atoms with Crippen LogP contribution in [0, 0.1) is 45.3 Å². The molecule has 1 rings (SSSR count). The van der Waals surface area contributed by atoms with Crippen molar-refractivity contribution in [3.8, 4) is 30.0 Å². The molecular weight excluding hydrogens is 268 g/mol. The van der Waals surface area contributed by atoms with Crippen molar-refractivity contribution in [1.82, 2.24) is 0 Å². The van der Waals surface area contributed by atoms with Crippen LogP contribution in [0.4, 0.5) is 5.69 Å². The largest absolute Gasteiger partial charge is 0.497 e. The predicted octanol–water partition coefficient (Wildman–Crippen LogP) is 1.84. The summed E-state index contributed by atoms with van der Waals surface area (Å²) < 4.78 is 5.02. The second kappa shape index (κ2) is 7.59. The second-order valence-corrected chi connectivity index (χ2v) is 3.48. The zero-order chi connectivity index (χ0) is 15.7. The molecule has 7 heteroatoms. The van der Waals surface area contributed by atoms with E-state index in [4.69, 9.17) is 25.8 Å². The highest BCUT2D eigenvalue weighted by Crippen LogP contribution is 2.20. The van der Waals surface area contributed by atoms with Gasteiger partial charge in [0.25, 0.3) is 0 Å². The van der Waals surface area contributed by atoms with Crippen LogP contribution in [0.3, 0.4) is 0 Å². The van der Waals surface area contributed by atoms with Gasteiger partial charge in [-0.05, 0) is 24.3 Å². The monoisotopic (exact) mass is 276 g/mol. The number of anilines is 1. The van der Waals surface area contributed by atoms with Crippen LogP contribution in [-0.2, 0) is 0 Å². The molecule has 0 heterocycles. The highest BCUT2D eigenvalue weighted by Gasteiger charge is 2.07. The molecule has 0 aliphatic heterocycles. The van der Waals surface area contributed by atoms with Gasteiger partial charge in [0.1, 0.15) is 35.6 Å². The van der Waals surface area contributed by atoms with Gasteiger partial charge in [0.05, 0.1) is 19.0 Å². The average Bonchev–Trinajstić information content (AvgIpc) is 2.55. The zero-order valence-corrected chi connectivity index (χ0v) is 11.0. The SMILES string of the molecule is COc1ccc(N(C=C(C#N)C#N)N=C(C#N)C#N)cc1. The number of hydrogen-bond donors (Lipinski definition) is 0. The molecule has 100 valence electrons. The number of nitrogens with zero attached hydrogens (tertiary/aromatic N) is 6. The first-order valence-corrected chi connectivity index (χ1v) is 5.52. The fourth-order valence-electron chi connectivity index (χ4n) is 1.28. The second-order valence-electron chi connectivity index (χ2n) is 3.48. The number of allylic oxidation sites excluding steroid dienone is 1. The first-order chi connectivity index (χ1) is 10.2. The molecule has 0 radical (unpaired) electrons. The lowest BCUT2D eigenvalue weighted by molar-refractivity contribution is 0.415. The Morgan fingerprint density at radius 3 is 2.05 bits per heavy atom. The maximum absolute atomic E-state index is 8.79. The van der Waals surface area contributed by atoms with Crippen molar-refractivity contribution in [2.75, 3.05) is 12.1 Å². The maximum atomic E-state index is 8.79. The Morgan fingerprint density at radius 2 is 1.62 bits per heavy atom. The Labute approximate surface area is 121 Å². The molecule has 0 aromatic heterocycles. The fraction of sp³-hybridized carbons (Fsp3) is 0.0714. The van der Waals surface area contributed by atoms with Gasteiger partial charge in [-0.1, -0.05) is 0 Å². The van der Waals surface area contributed by atoms with E-state index < -0.39 is 5.71 Å². The molecule has 0 aliphatic rings. The van der Waals surface area contributed by atoms with Gasteiger partial charge < -0.3 is 4.74 Å². The summed E-state index contributed by atoms with van der Waals surface area (Å²) >= 11 is 0. The lowest BCUT2D eigenvalue weighted by Gasteiger charge is -2.14. The fourth-order valence-corrected chi connectivity index (χ4v) is 1.28. The van der Waals surface area contributed by atoms with Crippen molar-refractivity contribution in [3.63, 3.8) is 0 Å². The molecule has 0 spiro atoms. The summed E-state index contributed by atoms with van der Waals surface area (Å²) in [6.45, 7) is 0. The van der Waals surface area contributed by atoms with Crippen molar-refractivity contribution in [2.45, 2.75) is 0 Å². The lowest BCUT2D eigenvalue weighted by Crippen LogP contribution is -2.11.